The third kappa shape index (κ3) is 4.82. The minimum atomic E-state index is -1.21. The highest BCUT2D eigenvalue weighted by Gasteiger charge is 2.15. The first kappa shape index (κ1) is 19.7. The molecule has 3 aromatic carbocycles. The predicted molar refractivity (Wildman–Crippen MR) is 109 cm³/mol. The minimum absolute atomic E-state index is 0.00758. The van der Waals surface area contributed by atoms with Crippen molar-refractivity contribution in [1.82, 2.24) is 0 Å². The molecule has 0 aliphatic heterocycles. The molecular formula is C21H15Cl2NO4. The second-order valence-electron chi connectivity index (χ2n) is 5.87. The molecule has 0 aliphatic rings. The molecule has 3 aromatic rings. The quantitative estimate of drug-likeness (QED) is 0.555. The summed E-state index contributed by atoms with van der Waals surface area (Å²) in [4.78, 5) is 23.8. The van der Waals surface area contributed by atoms with Crippen LogP contribution in [0, 0.1) is 0 Å². The Bertz CT molecular complexity index is 1020. The Kier molecular flexibility index (Phi) is 6.19. The third-order valence-electron chi connectivity index (χ3n) is 3.88. The molecule has 5 nitrogen and oxygen atoms in total. The molecule has 2 N–H and O–H groups in total. The Morgan fingerprint density at radius 1 is 0.929 bits per heavy atom. The van der Waals surface area contributed by atoms with Gasteiger partial charge in [0.2, 0.25) is 0 Å². The average molecular weight is 416 g/mol. The zero-order chi connectivity index (χ0) is 20.1. The number of ether oxygens (including phenoxy) is 1. The summed E-state index contributed by atoms with van der Waals surface area (Å²) in [6, 6.07) is 18.8. The normalized spacial score (nSPS) is 10.4. The van der Waals surface area contributed by atoms with E-state index in [9.17, 15) is 9.59 Å². The van der Waals surface area contributed by atoms with E-state index in [0.717, 1.165) is 5.56 Å². The number of hydrogen-bond donors (Lipinski definition) is 2. The third-order valence-corrected chi connectivity index (χ3v) is 4.51. The van der Waals surface area contributed by atoms with Gasteiger partial charge in [-0.15, -0.1) is 0 Å². The molecule has 0 atom stereocenters. The molecule has 7 heteroatoms. The summed E-state index contributed by atoms with van der Waals surface area (Å²) >= 11 is 11.9. The molecule has 0 fully saturated rings. The molecule has 0 heterocycles. The van der Waals surface area contributed by atoms with Crippen LogP contribution in [-0.2, 0) is 6.61 Å². The van der Waals surface area contributed by atoms with Crippen molar-refractivity contribution in [3.63, 3.8) is 0 Å². The lowest BCUT2D eigenvalue weighted by molar-refractivity contribution is 0.0696. The van der Waals surface area contributed by atoms with Crippen LogP contribution < -0.4 is 10.1 Å². The Labute approximate surface area is 171 Å². The lowest BCUT2D eigenvalue weighted by Gasteiger charge is -2.11. The van der Waals surface area contributed by atoms with Crippen molar-refractivity contribution in [2.24, 2.45) is 0 Å². The van der Waals surface area contributed by atoms with Gasteiger partial charge in [-0.2, -0.15) is 0 Å². The van der Waals surface area contributed by atoms with E-state index >= 15 is 0 Å². The largest absolute Gasteiger partial charge is 0.489 e. The van der Waals surface area contributed by atoms with Crippen LogP contribution in [0.25, 0.3) is 0 Å². The van der Waals surface area contributed by atoms with Gasteiger partial charge in [0.05, 0.1) is 21.3 Å². The fraction of sp³-hybridized carbons (Fsp3) is 0.0476. The van der Waals surface area contributed by atoms with Crippen LogP contribution in [0.15, 0.2) is 66.7 Å². The molecular weight excluding hydrogens is 401 g/mol. The second-order valence-corrected chi connectivity index (χ2v) is 6.69. The maximum Gasteiger partial charge on any atom is 0.337 e. The van der Waals surface area contributed by atoms with Gasteiger partial charge in [-0.05, 0) is 35.9 Å². The summed E-state index contributed by atoms with van der Waals surface area (Å²) in [5, 5.41) is 11.9. The second kappa shape index (κ2) is 8.78. The summed E-state index contributed by atoms with van der Waals surface area (Å²) in [5.74, 6) is -1.14. The first-order chi connectivity index (χ1) is 13.4. The van der Waals surface area contributed by atoms with Crippen LogP contribution in [0.2, 0.25) is 10.0 Å². The highest BCUT2D eigenvalue weighted by molar-refractivity contribution is 6.38. The van der Waals surface area contributed by atoms with Crippen molar-refractivity contribution < 1.29 is 19.4 Å². The number of carbonyl (C=O) groups is 2. The number of anilines is 1. The van der Waals surface area contributed by atoms with Crippen LogP contribution in [0.5, 0.6) is 5.75 Å². The van der Waals surface area contributed by atoms with Crippen molar-refractivity contribution in [3.8, 4) is 5.75 Å². The Morgan fingerprint density at radius 3 is 2.39 bits per heavy atom. The maximum absolute atomic E-state index is 12.6. The molecule has 0 bridgehead atoms. The summed E-state index contributed by atoms with van der Waals surface area (Å²) in [6.07, 6.45) is 0. The SMILES string of the molecule is O=C(Nc1cc(C(=O)O)c(Cl)cc1Cl)c1cccc(OCc2ccccc2)c1. The fourth-order valence-corrected chi connectivity index (χ4v) is 2.98. The highest BCUT2D eigenvalue weighted by atomic mass is 35.5. The van der Waals surface area contributed by atoms with Gasteiger partial charge in [-0.25, -0.2) is 4.79 Å². The first-order valence-electron chi connectivity index (χ1n) is 8.24. The van der Waals surface area contributed by atoms with Crippen LogP contribution in [0.1, 0.15) is 26.3 Å². The van der Waals surface area contributed by atoms with Gasteiger partial charge in [-0.3, -0.25) is 4.79 Å². The van der Waals surface area contributed by atoms with E-state index in [1.807, 2.05) is 30.3 Å². The van der Waals surface area contributed by atoms with Crippen molar-refractivity contribution in [1.29, 1.82) is 0 Å². The van der Waals surface area contributed by atoms with Gasteiger partial charge < -0.3 is 15.2 Å². The van der Waals surface area contributed by atoms with E-state index in [1.54, 1.807) is 24.3 Å². The number of carboxylic acid groups (broad SMARTS) is 1. The maximum atomic E-state index is 12.6. The molecule has 0 radical (unpaired) electrons. The van der Waals surface area contributed by atoms with Crippen LogP contribution >= 0.6 is 23.2 Å². The summed E-state index contributed by atoms with van der Waals surface area (Å²) < 4.78 is 5.72. The number of carbonyl (C=O) groups excluding carboxylic acids is 1. The van der Waals surface area contributed by atoms with Crippen LogP contribution in [0.3, 0.4) is 0 Å². The van der Waals surface area contributed by atoms with E-state index in [-0.39, 0.29) is 21.3 Å². The average Bonchev–Trinajstić information content (AvgIpc) is 2.69. The van der Waals surface area contributed by atoms with Gasteiger partial charge in [0, 0.05) is 5.56 Å². The van der Waals surface area contributed by atoms with Crippen molar-refractivity contribution >= 4 is 40.8 Å². The van der Waals surface area contributed by atoms with Gasteiger partial charge in [-0.1, -0.05) is 59.6 Å². The number of rotatable bonds is 6. The number of nitrogens with one attached hydrogen (secondary N) is 1. The van der Waals surface area contributed by atoms with Crippen molar-refractivity contribution in [2.75, 3.05) is 5.32 Å². The van der Waals surface area contributed by atoms with Crippen molar-refractivity contribution in [3.05, 3.63) is 93.5 Å². The van der Waals surface area contributed by atoms with E-state index in [0.29, 0.717) is 17.9 Å². The monoisotopic (exact) mass is 415 g/mol. The lowest BCUT2D eigenvalue weighted by atomic mass is 10.1. The predicted octanol–water partition coefficient (Wildman–Crippen LogP) is 5.52. The highest BCUT2D eigenvalue weighted by Crippen LogP contribution is 2.30. The Morgan fingerprint density at radius 2 is 1.68 bits per heavy atom. The van der Waals surface area contributed by atoms with Crippen molar-refractivity contribution in [2.45, 2.75) is 6.61 Å². The van der Waals surface area contributed by atoms with Crippen LogP contribution in [-0.4, -0.2) is 17.0 Å². The van der Waals surface area contributed by atoms with E-state index in [4.69, 9.17) is 33.0 Å². The lowest BCUT2D eigenvalue weighted by Crippen LogP contribution is -2.13. The molecule has 0 spiro atoms. The summed E-state index contributed by atoms with van der Waals surface area (Å²) in [5.41, 5.74) is 1.35. The molecule has 28 heavy (non-hydrogen) atoms. The van der Waals surface area contributed by atoms with Gasteiger partial charge in [0.25, 0.3) is 5.91 Å². The molecule has 0 saturated carbocycles. The smallest absolute Gasteiger partial charge is 0.337 e. The molecule has 0 aromatic heterocycles. The first-order valence-corrected chi connectivity index (χ1v) is 9.00. The van der Waals surface area contributed by atoms with E-state index < -0.39 is 11.9 Å². The van der Waals surface area contributed by atoms with Gasteiger partial charge in [0.1, 0.15) is 12.4 Å². The number of aromatic carboxylic acids is 1. The van der Waals surface area contributed by atoms with E-state index in [2.05, 4.69) is 5.32 Å². The standard InChI is InChI=1S/C21H15Cl2NO4/c22-17-11-18(23)19(10-16(17)21(26)27)24-20(25)14-7-4-8-15(9-14)28-12-13-5-2-1-3-6-13/h1-11H,12H2,(H,24,25)(H,26,27). The molecule has 0 unspecified atom stereocenters. The minimum Gasteiger partial charge on any atom is -0.489 e. The van der Waals surface area contributed by atoms with Gasteiger partial charge in [0.15, 0.2) is 0 Å². The molecule has 0 aliphatic carbocycles. The van der Waals surface area contributed by atoms with E-state index in [1.165, 1.54) is 12.1 Å². The number of hydrogen-bond acceptors (Lipinski definition) is 3. The Hall–Kier alpha value is -3.02. The molecule has 0 saturated heterocycles. The number of amides is 1. The topological polar surface area (TPSA) is 75.6 Å². The number of halogens is 2. The Balaban J connectivity index is 1.74. The number of carboxylic acids is 1. The van der Waals surface area contributed by atoms with Crippen LogP contribution in [0.4, 0.5) is 5.69 Å². The fourth-order valence-electron chi connectivity index (χ4n) is 2.47. The molecule has 1 amide bonds. The molecule has 142 valence electrons. The van der Waals surface area contributed by atoms with Gasteiger partial charge >= 0.3 is 5.97 Å². The summed E-state index contributed by atoms with van der Waals surface area (Å²) in [7, 11) is 0. The zero-order valence-electron chi connectivity index (χ0n) is 14.5. The summed E-state index contributed by atoms with van der Waals surface area (Å²) in [6.45, 7) is 0.372. The molecule has 3 rings (SSSR count). The number of benzene rings is 3. The zero-order valence-corrected chi connectivity index (χ0v) is 16.0.